The molecule has 2 N–H and O–H groups in total. The molecule has 0 radical (unpaired) electrons. The minimum absolute atomic E-state index is 0.256. The quantitative estimate of drug-likeness (QED) is 0.844. The molecule has 1 fully saturated rings. The number of hydrogen-bond acceptors (Lipinski definition) is 2. The molecule has 1 aromatic rings. The van der Waals surface area contributed by atoms with Gasteiger partial charge in [-0.1, -0.05) is 37.1 Å². The van der Waals surface area contributed by atoms with Crippen molar-refractivity contribution >= 4 is 0 Å². The largest absolute Gasteiger partial charge is 0.380 e. The van der Waals surface area contributed by atoms with Crippen molar-refractivity contribution < 1.29 is 4.74 Å². The Hall–Kier alpha value is -0.860. The summed E-state index contributed by atoms with van der Waals surface area (Å²) in [6, 6.07) is 8.78. The summed E-state index contributed by atoms with van der Waals surface area (Å²) in [5, 5.41) is 0. The van der Waals surface area contributed by atoms with Crippen molar-refractivity contribution in [2.75, 3.05) is 13.7 Å². The number of nitrogens with two attached hydrogens (primary N) is 1. The third-order valence-electron chi connectivity index (χ3n) is 3.83. The third kappa shape index (κ3) is 2.13. The molecule has 0 saturated heterocycles. The highest BCUT2D eigenvalue weighted by Gasteiger charge is 2.33. The molecule has 0 aliphatic heterocycles. The molecule has 0 unspecified atom stereocenters. The fourth-order valence-electron chi connectivity index (χ4n) is 2.78. The highest BCUT2D eigenvalue weighted by Crippen LogP contribution is 2.40. The van der Waals surface area contributed by atoms with Crippen LogP contribution in [0.5, 0.6) is 0 Å². The maximum Gasteiger partial charge on any atom is 0.0713 e. The molecule has 2 nitrogen and oxygen atoms in total. The molecule has 0 bridgehead atoms. The average molecular weight is 219 g/mol. The highest BCUT2D eigenvalue weighted by atomic mass is 16.5. The van der Waals surface area contributed by atoms with Crippen molar-refractivity contribution in [2.24, 2.45) is 5.73 Å². The molecule has 2 heteroatoms. The molecule has 0 aromatic heterocycles. The van der Waals surface area contributed by atoms with Gasteiger partial charge in [0.1, 0.15) is 0 Å². The van der Waals surface area contributed by atoms with E-state index in [0.717, 1.165) is 6.54 Å². The van der Waals surface area contributed by atoms with Crippen molar-refractivity contribution in [3.8, 4) is 0 Å². The van der Waals surface area contributed by atoms with Crippen LogP contribution in [0.2, 0.25) is 0 Å². The van der Waals surface area contributed by atoms with E-state index in [2.05, 4.69) is 24.3 Å². The fraction of sp³-hybridized carbons (Fsp3) is 0.571. The lowest BCUT2D eigenvalue weighted by atomic mass is 9.79. The molecule has 0 spiro atoms. The lowest BCUT2D eigenvalue weighted by Crippen LogP contribution is -2.31. The molecule has 88 valence electrons. The number of hydrogen-bond donors (Lipinski definition) is 1. The van der Waals surface area contributed by atoms with Crippen LogP contribution in [0.15, 0.2) is 24.3 Å². The summed E-state index contributed by atoms with van der Waals surface area (Å²) in [6.45, 7) is 1.46. The van der Waals surface area contributed by atoms with Gasteiger partial charge in [0.25, 0.3) is 0 Å². The predicted octanol–water partition coefficient (Wildman–Crippen LogP) is 2.60. The van der Waals surface area contributed by atoms with E-state index in [1.165, 1.54) is 36.8 Å². The van der Waals surface area contributed by atoms with Crippen LogP contribution >= 0.6 is 0 Å². The smallest absolute Gasteiger partial charge is 0.0713 e. The molecule has 0 atom stereocenters. The van der Waals surface area contributed by atoms with E-state index in [4.69, 9.17) is 10.5 Å². The first-order chi connectivity index (χ1) is 7.80. The SMILES string of the molecule is COCc1ccc(C2(CN)CCCC2)cc1. The summed E-state index contributed by atoms with van der Waals surface area (Å²) in [6.07, 6.45) is 5.12. The zero-order valence-electron chi connectivity index (χ0n) is 10.0. The van der Waals surface area contributed by atoms with Crippen LogP contribution in [-0.2, 0) is 16.8 Å². The minimum Gasteiger partial charge on any atom is -0.380 e. The van der Waals surface area contributed by atoms with Crippen molar-refractivity contribution in [3.63, 3.8) is 0 Å². The molecule has 16 heavy (non-hydrogen) atoms. The Kier molecular flexibility index (Phi) is 3.62. The first kappa shape index (κ1) is 11.6. The number of benzene rings is 1. The van der Waals surface area contributed by atoms with Gasteiger partial charge >= 0.3 is 0 Å². The Labute approximate surface area is 97.8 Å². The Morgan fingerprint density at radius 2 is 1.81 bits per heavy atom. The molecule has 1 aliphatic carbocycles. The molecule has 1 aliphatic rings. The number of rotatable bonds is 4. The summed E-state index contributed by atoms with van der Waals surface area (Å²) in [5.74, 6) is 0. The van der Waals surface area contributed by atoms with Gasteiger partial charge in [0.05, 0.1) is 6.61 Å². The summed E-state index contributed by atoms with van der Waals surface area (Å²) in [4.78, 5) is 0. The zero-order chi connectivity index (χ0) is 11.4. The number of methoxy groups -OCH3 is 1. The molecule has 1 saturated carbocycles. The van der Waals surface area contributed by atoms with Gasteiger partial charge in [-0.05, 0) is 24.0 Å². The first-order valence-corrected chi connectivity index (χ1v) is 6.09. The summed E-state index contributed by atoms with van der Waals surface area (Å²) >= 11 is 0. The van der Waals surface area contributed by atoms with Crippen molar-refractivity contribution in [2.45, 2.75) is 37.7 Å². The number of ether oxygens (including phenoxy) is 1. The molecular formula is C14H21NO. The average Bonchev–Trinajstić information content (AvgIpc) is 2.80. The van der Waals surface area contributed by atoms with E-state index in [9.17, 15) is 0 Å². The molecular weight excluding hydrogens is 198 g/mol. The second kappa shape index (κ2) is 4.98. The van der Waals surface area contributed by atoms with E-state index in [1.807, 2.05) is 0 Å². The monoisotopic (exact) mass is 219 g/mol. The van der Waals surface area contributed by atoms with Crippen LogP contribution in [0.25, 0.3) is 0 Å². The summed E-state index contributed by atoms with van der Waals surface area (Å²) < 4.78 is 5.12. The lowest BCUT2D eigenvalue weighted by Gasteiger charge is -2.28. The summed E-state index contributed by atoms with van der Waals surface area (Å²) in [7, 11) is 1.73. The maximum atomic E-state index is 5.97. The van der Waals surface area contributed by atoms with Crippen molar-refractivity contribution in [3.05, 3.63) is 35.4 Å². The van der Waals surface area contributed by atoms with E-state index < -0.39 is 0 Å². The van der Waals surface area contributed by atoms with Gasteiger partial charge in [-0.2, -0.15) is 0 Å². The van der Waals surface area contributed by atoms with E-state index in [0.29, 0.717) is 6.61 Å². The van der Waals surface area contributed by atoms with Crippen molar-refractivity contribution in [1.82, 2.24) is 0 Å². The maximum absolute atomic E-state index is 5.97. The van der Waals surface area contributed by atoms with Crippen LogP contribution in [0.4, 0.5) is 0 Å². The van der Waals surface area contributed by atoms with Gasteiger partial charge < -0.3 is 10.5 Å². The van der Waals surface area contributed by atoms with Crippen molar-refractivity contribution in [1.29, 1.82) is 0 Å². The van der Waals surface area contributed by atoms with Crippen LogP contribution in [0.3, 0.4) is 0 Å². The second-order valence-electron chi connectivity index (χ2n) is 4.82. The molecule has 0 heterocycles. The van der Waals surface area contributed by atoms with Gasteiger partial charge in [-0.15, -0.1) is 0 Å². The summed E-state index contributed by atoms with van der Waals surface area (Å²) in [5.41, 5.74) is 8.87. The Bertz CT molecular complexity index is 325. The lowest BCUT2D eigenvalue weighted by molar-refractivity contribution is 0.185. The Balaban J connectivity index is 2.19. The third-order valence-corrected chi connectivity index (χ3v) is 3.83. The Morgan fingerprint density at radius 1 is 1.19 bits per heavy atom. The van der Waals surface area contributed by atoms with Gasteiger partial charge in [0.15, 0.2) is 0 Å². The molecule has 0 amide bonds. The second-order valence-corrected chi connectivity index (χ2v) is 4.82. The van der Waals surface area contributed by atoms with Crippen LogP contribution in [0, 0.1) is 0 Å². The van der Waals surface area contributed by atoms with Gasteiger partial charge in [-0.3, -0.25) is 0 Å². The zero-order valence-corrected chi connectivity index (χ0v) is 10.0. The topological polar surface area (TPSA) is 35.2 Å². The normalized spacial score (nSPS) is 18.9. The van der Waals surface area contributed by atoms with Gasteiger partial charge in [-0.25, -0.2) is 0 Å². The highest BCUT2D eigenvalue weighted by molar-refractivity contribution is 5.30. The minimum atomic E-state index is 0.256. The van der Waals surface area contributed by atoms with Crippen LogP contribution in [-0.4, -0.2) is 13.7 Å². The van der Waals surface area contributed by atoms with E-state index in [-0.39, 0.29) is 5.41 Å². The van der Waals surface area contributed by atoms with E-state index >= 15 is 0 Å². The fourth-order valence-corrected chi connectivity index (χ4v) is 2.78. The van der Waals surface area contributed by atoms with Gasteiger partial charge in [0.2, 0.25) is 0 Å². The Morgan fingerprint density at radius 3 is 2.31 bits per heavy atom. The van der Waals surface area contributed by atoms with Crippen LogP contribution in [0.1, 0.15) is 36.8 Å². The molecule has 1 aromatic carbocycles. The standard InChI is InChI=1S/C14H21NO/c1-16-10-12-4-6-13(7-5-12)14(11-15)8-2-3-9-14/h4-7H,2-3,8-11,15H2,1H3. The first-order valence-electron chi connectivity index (χ1n) is 6.09. The van der Waals surface area contributed by atoms with E-state index in [1.54, 1.807) is 7.11 Å². The predicted molar refractivity (Wildman–Crippen MR) is 66.4 cm³/mol. The molecule has 2 rings (SSSR count). The van der Waals surface area contributed by atoms with Gasteiger partial charge in [0, 0.05) is 19.1 Å². The van der Waals surface area contributed by atoms with Crippen LogP contribution < -0.4 is 5.73 Å².